The van der Waals surface area contributed by atoms with E-state index in [-0.39, 0.29) is 0 Å². The minimum Gasteiger partial charge on any atom is -0.494 e. The van der Waals surface area contributed by atoms with Crippen molar-refractivity contribution in [3.05, 3.63) is 63.6 Å². The Morgan fingerprint density at radius 1 is 1.19 bits per heavy atom. The second-order valence-corrected chi connectivity index (χ2v) is 6.03. The summed E-state index contributed by atoms with van der Waals surface area (Å²) in [6.07, 6.45) is 0.937. The standard InChI is InChI=1S/C18H22BrNO/c1-3-21-16-8-9-17(13(2)10-16)15(12-20)11-14-6-4-5-7-18(14)19/h4-10,15H,3,11-12,20H2,1-2H3. The lowest BCUT2D eigenvalue weighted by molar-refractivity contribution is 0.340. The van der Waals surface area contributed by atoms with E-state index in [4.69, 9.17) is 10.5 Å². The molecule has 2 aromatic rings. The first-order valence-corrected chi connectivity index (χ1v) is 8.11. The number of ether oxygens (including phenoxy) is 1. The predicted octanol–water partition coefficient (Wildman–Crippen LogP) is 4.44. The molecule has 0 aliphatic carbocycles. The molecule has 2 nitrogen and oxygen atoms in total. The minimum absolute atomic E-state index is 0.319. The third-order valence-corrected chi connectivity index (χ3v) is 4.47. The fourth-order valence-corrected chi connectivity index (χ4v) is 3.06. The molecule has 3 heteroatoms. The quantitative estimate of drug-likeness (QED) is 0.838. The second kappa shape index (κ2) is 7.62. The highest BCUT2D eigenvalue weighted by atomic mass is 79.9. The van der Waals surface area contributed by atoms with Gasteiger partial charge in [-0.15, -0.1) is 0 Å². The van der Waals surface area contributed by atoms with Gasteiger partial charge >= 0.3 is 0 Å². The van der Waals surface area contributed by atoms with Gasteiger partial charge in [0.05, 0.1) is 6.61 Å². The molecule has 0 aromatic heterocycles. The second-order valence-electron chi connectivity index (χ2n) is 5.18. The van der Waals surface area contributed by atoms with E-state index in [1.807, 2.05) is 19.1 Å². The van der Waals surface area contributed by atoms with E-state index in [1.54, 1.807) is 0 Å². The molecule has 2 rings (SSSR count). The van der Waals surface area contributed by atoms with Crippen LogP contribution in [-0.2, 0) is 6.42 Å². The first kappa shape index (κ1) is 16.1. The van der Waals surface area contributed by atoms with Gasteiger partial charge in [0, 0.05) is 10.4 Å². The van der Waals surface area contributed by atoms with Crippen LogP contribution in [0.2, 0.25) is 0 Å². The van der Waals surface area contributed by atoms with E-state index in [9.17, 15) is 0 Å². The van der Waals surface area contributed by atoms with Crippen LogP contribution in [0, 0.1) is 6.92 Å². The molecule has 112 valence electrons. The van der Waals surface area contributed by atoms with E-state index in [2.05, 4.69) is 53.2 Å². The molecule has 0 aliphatic heterocycles. The Labute approximate surface area is 135 Å². The maximum atomic E-state index is 6.02. The van der Waals surface area contributed by atoms with Crippen LogP contribution in [0.15, 0.2) is 46.9 Å². The molecule has 0 saturated carbocycles. The maximum Gasteiger partial charge on any atom is 0.119 e. The molecular formula is C18H22BrNO. The summed E-state index contributed by atoms with van der Waals surface area (Å²) in [4.78, 5) is 0. The Balaban J connectivity index is 2.23. The third-order valence-electron chi connectivity index (χ3n) is 3.70. The molecule has 0 heterocycles. The van der Waals surface area contributed by atoms with Gasteiger partial charge in [-0.3, -0.25) is 0 Å². The molecule has 0 radical (unpaired) electrons. The highest BCUT2D eigenvalue weighted by Gasteiger charge is 2.15. The molecule has 0 aliphatic rings. The largest absolute Gasteiger partial charge is 0.494 e. The molecule has 0 saturated heterocycles. The summed E-state index contributed by atoms with van der Waals surface area (Å²) in [6.45, 7) is 5.45. The van der Waals surface area contributed by atoms with Gasteiger partial charge in [0.2, 0.25) is 0 Å². The van der Waals surface area contributed by atoms with Crippen LogP contribution in [0.3, 0.4) is 0 Å². The van der Waals surface area contributed by atoms with Crippen LogP contribution in [0.1, 0.15) is 29.5 Å². The Bertz CT molecular complexity index is 598. The van der Waals surface area contributed by atoms with Gasteiger partial charge in [0.25, 0.3) is 0 Å². The van der Waals surface area contributed by atoms with Crippen molar-refractivity contribution in [3.63, 3.8) is 0 Å². The summed E-state index contributed by atoms with van der Waals surface area (Å²) in [5, 5.41) is 0. The van der Waals surface area contributed by atoms with Gasteiger partial charge in [-0.2, -0.15) is 0 Å². The van der Waals surface area contributed by atoms with Crippen molar-refractivity contribution in [2.24, 2.45) is 5.73 Å². The van der Waals surface area contributed by atoms with Crippen LogP contribution < -0.4 is 10.5 Å². The summed E-state index contributed by atoms with van der Waals surface area (Å²) in [5.74, 6) is 1.25. The number of rotatable bonds is 6. The van der Waals surface area contributed by atoms with Gasteiger partial charge < -0.3 is 10.5 Å². The Kier molecular flexibility index (Phi) is 5.83. The molecule has 0 bridgehead atoms. The zero-order valence-corrected chi connectivity index (χ0v) is 14.2. The zero-order chi connectivity index (χ0) is 15.2. The van der Waals surface area contributed by atoms with E-state index in [1.165, 1.54) is 16.7 Å². The molecular weight excluding hydrogens is 326 g/mol. The van der Waals surface area contributed by atoms with Crippen LogP contribution in [0.25, 0.3) is 0 Å². The van der Waals surface area contributed by atoms with Crippen LogP contribution in [0.5, 0.6) is 5.75 Å². The summed E-state index contributed by atoms with van der Waals surface area (Å²) < 4.78 is 6.70. The van der Waals surface area contributed by atoms with Crippen molar-refractivity contribution in [2.45, 2.75) is 26.2 Å². The monoisotopic (exact) mass is 347 g/mol. The minimum atomic E-state index is 0.319. The molecule has 0 fully saturated rings. The van der Waals surface area contributed by atoms with Gasteiger partial charge in [-0.25, -0.2) is 0 Å². The maximum absolute atomic E-state index is 6.02. The van der Waals surface area contributed by atoms with E-state index in [0.717, 1.165) is 16.6 Å². The summed E-state index contributed by atoms with van der Waals surface area (Å²) in [5.41, 5.74) is 9.86. The van der Waals surface area contributed by atoms with E-state index < -0.39 is 0 Å². The number of aryl methyl sites for hydroxylation is 1. The lowest BCUT2D eigenvalue weighted by atomic mass is 9.89. The molecule has 0 spiro atoms. The normalized spacial score (nSPS) is 12.2. The first-order chi connectivity index (χ1) is 10.2. The molecule has 1 unspecified atom stereocenters. The van der Waals surface area contributed by atoms with Crippen LogP contribution in [-0.4, -0.2) is 13.2 Å². The number of benzene rings is 2. The Morgan fingerprint density at radius 3 is 2.57 bits per heavy atom. The zero-order valence-electron chi connectivity index (χ0n) is 12.6. The lowest BCUT2D eigenvalue weighted by Gasteiger charge is -2.19. The molecule has 1 atom stereocenters. The van der Waals surface area contributed by atoms with Crippen molar-refractivity contribution < 1.29 is 4.74 Å². The summed E-state index contributed by atoms with van der Waals surface area (Å²) >= 11 is 3.62. The Morgan fingerprint density at radius 2 is 1.95 bits per heavy atom. The van der Waals surface area contributed by atoms with Gasteiger partial charge in [-0.1, -0.05) is 40.2 Å². The van der Waals surface area contributed by atoms with Gasteiger partial charge in [-0.05, 0) is 61.7 Å². The van der Waals surface area contributed by atoms with Gasteiger partial charge in [0.1, 0.15) is 5.75 Å². The fourth-order valence-electron chi connectivity index (χ4n) is 2.61. The average molecular weight is 348 g/mol. The topological polar surface area (TPSA) is 35.2 Å². The highest BCUT2D eigenvalue weighted by Crippen LogP contribution is 2.28. The van der Waals surface area contributed by atoms with Crippen molar-refractivity contribution in [1.82, 2.24) is 0 Å². The number of hydrogen-bond acceptors (Lipinski definition) is 2. The van der Waals surface area contributed by atoms with Crippen molar-refractivity contribution in [3.8, 4) is 5.75 Å². The highest BCUT2D eigenvalue weighted by molar-refractivity contribution is 9.10. The smallest absolute Gasteiger partial charge is 0.119 e. The number of halogens is 1. The molecule has 2 N–H and O–H groups in total. The molecule has 0 amide bonds. The van der Waals surface area contributed by atoms with Crippen molar-refractivity contribution in [1.29, 1.82) is 0 Å². The SMILES string of the molecule is CCOc1ccc(C(CN)Cc2ccccc2Br)c(C)c1. The predicted molar refractivity (Wildman–Crippen MR) is 92.0 cm³/mol. The molecule has 2 aromatic carbocycles. The van der Waals surface area contributed by atoms with Crippen molar-refractivity contribution in [2.75, 3.05) is 13.2 Å². The summed E-state index contributed by atoms with van der Waals surface area (Å²) in [7, 11) is 0. The average Bonchev–Trinajstić information content (AvgIpc) is 2.48. The van der Waals surface area contributed by atoms with Crippen LogP contribution >= 0.6 is 15.9 Å². The lowest BCUT2D eigenvalue weighted by Crippen LogP contribution is -2.16. The van der Waals surface area contributed by atoms with Gasteiger partial charge in [0.15, 0.2) is 0 Å². The summed E-state index contributed by atoms with van der Waals surface area (Å²) in [6, 6.07) is 14.6. The Hall–Kier alpha value is -1.32. The first-order valence-electron chi connectivity index (χ1n) is 7.32. The fraction of sp³-hybridized carbons (Fsp3) is 0.333. The van der Waals surface area contributed by atoms with Crippen LogP contribution in [0.4, 0.5) is 0 Å². The van der Waals surface area contributed by atoms with E-state index in [0.29, 0.717) is 19.1 Å². The van der Waals surface area contributed by atoms with E-state index >= 15 is 0 Å². The molecule has 21 heavy (non-hydrogen) atoms. The number of hydrogen-bond donors (Lipinski definition) is 1. The van der Waals surface area contributed by atoms with Crippen molar-refractivity contribution >= 4 is 15.9 Å². The number of nitrogens with two attached hydrogens (primary N) is 1. The third kappa shape index (κ3) is 4.08.